The number of hydrogen-bond acceptors (Lipinski definition) is 2. The van der Waals surface area contributed by atoms with E-state index in [0.717, 1.165) is 5.56 Å². The van der Waals surface area contributed by atoms with Crippen molar-refractivity contribution >= 4 is 11.9 Å². The lowest BCUT2D eigenvalue weighted by Gasteiger charge is -2.40. The summed E-state index contributed by atoms with van der Waals surface area (Å²) >= 11 is 0. The smallest absolute Gasteiger partial charge is 0.221 e. The number of rotatable bonds is 1. The molecule has 0 amide bonds. The van der Waals surface area contributed by atoms with Crippen LogP contribution in [0.1, 0.15) is 18.5 Å². The highest BCUT2D eigenvalue weighted by atomic mass is 16.5. The fourth-order valence-electron chi connectivity index (χ4n) is 2.35. The second-order valence-electron chi connectivity index (χ2n) is 4.49. The van der Waals surface area contributed by atoms with Crippen LogP contribution in [0, 0.1) is 5.41 Å². The average Bonchev–Trinajstić information content (AvgIpc) is 2.38. The zero-order valence-corrected chi connectivity index (χ0v) is 10.9. The van der Waals surface area contributed by atoms with Gasteiger partial charge in [-0.3, -0.25) is 5.41 Å². The molecule has 1 aromatic carbocycles. The molecular formula is C13H19N5O. The number of nitrogens with zero attached hydrogens (tertiary/aromatic N) is 2. The number of nitrogens with two attached hydrogens (primary N) is 2. The molecule has 5 N–H and O–H groups in total. The molecule has 6 heteroatoms. The highest BCUT2D eigenvalue weighted by Crippen LogP contribution is 2.29. The summed E-state index contributed by atoms with van der Waals surface area (Å²) in [6, 6.07) is 9.89. The summed E-state index contributed by atoms with van der Waals surface area (Å²) < 4.78 is 5.68. The van der Waals surface area contributed by atoms with Crippen LogP contribution >= 0.6 is 0 Å². The van der Waals surface area contributed by atoms with Gasteiger partial charge in [-0.15, -0.1) is 0 Å². The SMILES string of the molecule is C[C@@H]1OCCN(C(=N)N=C(N)N)[C@H]1c1ccccc1. The molecule has 0 unspecified atom stereocenters. The molecule has 1 aromatic rings. The Morgan fingerprint density at radius 1 is 1.37 bits per heavy atom. The van der Waals surface area contributed by atoms with Gasteiger partial charge in [0.1, 0.15) is 0 Å². The summed E-state index contributed by atoms with van der Waals surface area (Å²) in [5, 5.41) is 8.01. The van der Waals surface area contributed by atoms with E-state index in [1.165, 1.54) is 0 Å². The molecule has 102 valence electrons. The molecule has 1 fully saturated rings. The van der Waals surface area contributed by atoms with Crippen molar-refractivity contribution < 1.29 is 4.74 Å². The van der Waals surface area contributed by atoms with Gasteiger partial charge in [-0.25, -0.2) is 0 Å². The van der Waals surface area contributed by atoms with Crippen LogP contribution in [0.25, 0.3) is 0 Å². The van der Waals surface area contributed by atoms with Gasteiger partial charge in [0.05, 0.1) is 18.8 Å². The Kier molecular flexibility index (Phi) is 4.01. The van der Waals surface area contributed by atoms with Crippen LogP contribution in [0.15, 0.2) is 35.3 Å². The first-order chi connectivity index (χ1) is 9.09. The Bertz CT molecular complexity index is 469. The molecule has 6 nitrogen and oxygen atoms in total. The summed E-state index contributed by atoms with van der Waals surface area (Å²) in [6.45, 7) is 3.15. The van der Waals surface area contributed by atoms with E-state index in [9.17, 15) is 0 Å². The topological polar surface area (TPSA) is 101 Å². The van der Waals surface area contributed by atoms with E-state index in [4.69, 9.17) is 21.6 Å². The van der Waals surface area contributed by atoms with E-state index in [1.807, 2.05) is 42.2 Å². The fraction of sp³-hybridized carbons (Fsp3) is 0.385. The summed E-state index contributed by atoms with van der Waals surface area (Å²) in [7, 11) is 0. The third-order valence-corrected chi connectivity index (χ3v) is 3.14. The maximum atomic E-state index is 8.01. The van der Waals surface area contributed by atoms with Gasteiger partial charge < -0.3 is 21.1 Å². The first kappa shape index (κ1) is 13.4. The Balaban J connectivity index is 2.29. The third kappa shape index (κ3) is 3.03. The molecule has 0 aromatic heterocycles. The van der Waals surface area contributed by atoms with Crippen molar-refractivity contribution in [3.63, 3.8) is 0 Å². The zero-order valence-electron chi connectivity index (χ0n) is 10.9. The normalized spacial score (nSPS) is 22.9. The standard InChI is InChI=1S/C13H19N5O/c1-9-11(10-5-3-2-4-6-10)18(7-8-19-9)13(16)17-12(14)15/h2-6,9,11H,7-8H2,1H3,(H5,14,15,16,17)/t9-,11+/m0/s1. The van der Waals surface area contributed by atoms with Gasteiger partial charge in [0.15, 0.2) is 5.96 Å². The lowest BCUT2D eigenvalue weighted by Crippen LogP contribution is -2.47. The Morgan fingerprint density at radius 2 is 2.05 bits per heavy atom. The maximum absolute atomic E-state index is 8.01. The minimum absolute atomic E-state index is 0.0225. The molecule has 0 spiro atoms. The van der Waals surface area contributed by atoms with E-state index in [1.54, 1.807) is 0 Å². The molecule has 0 radical (unpaired) electrons. The van der Waals surface area contributed by atoms with Crippen LogP contribution in [-0.2, 0) is 4.74 Å². The van der Waals surface area contributed by atoms with E-state index in [-0.39, 0.29) is 24.1 Å². The van der Waals surface area contributed by atoms with Crippen molar-refractivity contribution in [3.8, 4) is 0 Å². The van der Waals surface area contributed by atoms with Crippen molar-refractivity contribution in [3.05, 3.63) is 35.9 Å². The van der Waals surface area contributed by atoms with Gasteiger partial charge in [-0.1, -0.05) is 30.3 Å². The van der Waals surface area contributed by atoms with Crippen molar-refractivity contribution in [2.75, 3.05) is 13.2 Å². The summed E-state index contributed by atoms with van der Waals surface area (Å²) in [5.41, 5.74) is 11.8. The second-order valence-corrected chi connectivity index (χ2v) is 4.49. The molecule has 2 rings (SSSR count). The van der Waals surface area contributed by atoms with Gasteiger partial charge in [-0.05, 0) is 12.5 Å². The van der Waals surface area contributed by atoms with Crippen molar-refractivity contribution in [1.29, 1.82) is 5.41 Å². The van der Waals surface area contributed by atoms with E-state index >= 15 is 0 Å². The average molecular weight is 261 g/mol. The number of hydrogen-bond donors (Lipinski definition) is 3. The van der Waals surface area contributed by atoms with Crippen LogP contribution < -0.4 is 11.5 Å². The van der Waals surface area contributed by atoms with Crippen LogP contribution in [-0.4, -0.2) is 36.1 Å². The maximum Gasteiger partial charge on any atom is 0.221 e. The van der Waals surface area contributed by atoms with Crippen LogP contribution in [0.5, 0.6) is 0 Å². The molecule has 0 bridgehead atoms. The van der Waals surface area contributed by atoms with Crippen LogP contribution in [0.4, 0.5) is 0 Å². The molecule has 1 aliphatic rings. The third-order valence-electron chi connectivity index (χ3n) is 3.14. The predicted octanol–water partition coefficient (Wildman–Crippen LogP) is 0.657. The predicted molar refractivity (Wildman–Crippen MR) is 74.8 cm³/mol. The lowest BCUT2D eigenvalue weighted by molar-refractivity contribution is -0.0367. The number of guanidine groups is 2. The Morgan fingerprint density at radius 3 is 2.68 bits per heavy atom. The monoisotopic (exact) mass is 261 g/mol. The number of ether oxygens (including phenoxy) is 1. The van der Waals surface area contributed by atoms with E-state index in [2.05, 4.69) is 4.99 Å². The molecule has 0 aliphatic carbocycles. The zero-order chi connectivity index (χ0) is 13.8. The molecular weight excluding hydrogens is 242 g/mol. The van der Waals surface area contributed by atoms with Gasteiger partial charge >= 0.3 is 0 Å². The highest BCUT2D eigenvalue weighted by Gasteiger charge is 2.32. The van der Waals surface area contributed by atoms with E-state index < -0.39 is 0 Å². The van der Waals surface area contributed by atoms with Crippen molar-refractivity contribution in [1.82, 2.24) is 4.90 Å². The van der Waals surface area contributed by atoms with Crippen molar-refractivity contribution in [2.24, 2.45) is 16.5 Å². The Hall–Kier alpha value is -2.08. The van der Waals surface area contributed by atoms with Gasteiger partial charge in [-0.2, -0.15) is 4.99 Å². The van der Waals surface area contributed by atoms with Crippen molar-refractivity contribution in [2.45, 2.75) is 19.1 Å². The summed E-state index contributed by atoms with van der Waals surface area (Å²) in [4.78, 5) is 5.70. The lowest BCUT2D eigenvalue weighted by atomic mass is 9.99. The van der Waals surface area contributed by atoms with Gasteiger partial charge in [0.2, 0.25) is 5.96 Å². The molecule has 1 saturated heterocycles. The summed E-state index contributed by atoms with van der Waals surface area (Å²) in [6.07, 6.45) is -0.0225. The van der Waals surface area contributed by atoms with E-state index in [0.29, 0.717) is 13.2 Å². The second kappa shape index (κ2) is 5.71. The quantitative estimate of drug-likeness (QED) is 0.510. The van der Waals surface area contributed by atoms with Crippen LogP contribution in [0.3, 0.4) is 0 Å². The molecule has 2 atom stereocenters. The molecule has 19 heavy (non-hydrogen) atoms. The highest BCUT2D eigenvalue weighted by molar-refractivity contribution is 5.92. The van der Waals surface area contributed by atoms with Gasteiger partial charge in [0, 0.05) is 6.54 Å². The number of nitrogens with one attached hydrogen (secondary N) is 1. The molecule has 1 heterocycles. The first-order valence-corrected chi connectivity index (χ1v) is 6.21. The molecule has 1 aliphatic heterocycles. The van der Waals surface area contributed by atoms with Gasteiger partial charge in [0.25, 0.3) is 0 Å². The minimum atomic E-state index is -0.101. The fourth-order valence-corrected chi connectivity index (χ4v) is 2.35. The first-order valence-electron chi connectivity index (χ1n) is 6.21. The van der Waals surface area contributed by atoms with Crippen LogP contribution in [0.2, 0.25) is 0 Å². The Labute approximate surface area is 112 Å². The largest absolute Gasteiger partial charge is 0.374 e. The minimum Gasteiger partial charge on any atom is -0.374 e. The molecule has 0 saturated carbocycles. The number of morpholine rings is 1. The number of benzene rings is 1. The number of aliphatic imine (C=N–C) groups is 1. The summed E-state index contributed by atoms with van der Waals surface area (Å²) in [5.74, 6) is -0.0278.